The predicted octanol–water partition coefficient (Wildman–Crippen LogP) is 0.586. The Bertz CT molecular complexity index is 342. The third-order valence-electron chi connectivity index (χ3n) is 2.04. The van der Waals surface area contributed by atoms with Gasteiger partial charge < -0.3 is 16.4 Å². The van der Waals surface area contributed by atoms with Crippen LogP contribution in [0.1, 0.15) is 19.3 Å². The molecule has 0 aliphatic heterocycles. The molecule has 0 aromatic carbocycles. The number of nitrogens with zero attached hydrogens (tertiary/aromatic N) is 2. The molecule has 0 radical (unpaired) electrons. The first-order chi connectivity index (χ1) is 7.72. The van der Waals surface area contributed by atoms with Crippen molar-refractivity contribution in [3.63, 3.8) is 0 Å². The molecule has 88 valence electrons. The highest BCUT2D eigenvalue weighted by atomic mass is 16.1. The summed E-state index contributed by atoms with van der Waals surface area (Å²) < 4.78 is 0. The van der Waals surface area contributed by atoms with E-state index >= 15 is 0 Å². The van der Waals surface area contributed by atoms with Gasteiger partial charge in [-0.3, -0.25) is 4.79 Å². The van der Waals surface area contributed by atoms with Gasteiger partial charge in [0.2, 0.25) is 11.9 Å². The summed E-state index contributed by atoms with van der Waals surface area (Å²) in [6.07, 6.45) is 3.81. The lowest BCUT2D eigenvalue weighted by molar-refractivity contribution is -0.118. The van der Waals surface area contributed by atoms with Crippen LogP contribution in [0.3, 0.4) is 0 Å². The number of rotatable bonds is 7. The molecular weight excluding hydrogens is 206 g/mol. The van der Waals surface area contributed by atoms with E-state index in [-0.39, 0.29) is 5.91 Å². The number of carbonyl (C=O) groups is 1. The summed E-state index contributed by atoms with van der Waals surface area (Å²) in [6, 6.07) is 1.80. The van der Waals surface area contributed by atoms with E-state index in [2.05, 4.69) is 20.6 Å². The second kappa shape index (κ2) is 6.60. The van der Waals surface area contributed by atoms with Crippen LogP contribution in [0.4, 0.5) is 11.8 Å². The second-order valence-corrected chi connectivity index (χ2v) is 3.37. The largest absolute Gasteiger partial charge is 0.370 e. The number of unbranched alkanes of at least 4 members (excludes halogenated alkanes) is 1. The fraction of sp³-hybridized carbons (Fsp3) is 0.500. The Morgan fingerprint density at radius 1 is 1.50 bits per heavy atom. The summed E-state index contributed by atoms with van der Waals surface area (Å²) in [5, 5.41) is 6.01. The summed E-state index contributed by atoms with van der Waals surface area (Å²) in [5.41, 5.74) is 5.04. The van der Waals surface area contributed by atoms with Crippen molar-refractivity contribution >= 4 is 17.7 Å². The summed E-state index contributed by atoms with van der Waals surface area (Å²) in [7, 11) is 1.77. The molecule has 16 heavy (non-hydrogen) atoms. The monoisotopic (exact) mass is 223 g/mol. The number of nitrogens with two attached hydrogens (primary N) is 1. The van der Waals surface area contributed by atoms with Crippen LogP contribution in [-0.4, -0.2) is 29.5 Å². The summed E-state index contributed by atoms with van der Waals surface area (Å²) in [4.78, 5) is 18.7. The molecule has 6 nitrogen and oxygen atoms in total. The van der Waals surface area contributed by atoms with Crippen molar-refractivity contribution in [2.45, 2.75) is 19.3 Å². The van der Waals surface area contributed by atoms with Gasteiger partial charge in [0.15, 0.2) is 0 Å². The van der Waals surface area contributed by atoms with Gasteiger partial charge in [0, 0.05) is 26.2 Å². The van der Waals surface area contributed by atoms with E-state index < -0.39 is 0 Å². The zero-order valence-electron chi connectivity index (χ0n) is 9.36. The Labute approximate surface area is 94.7 Å². The highest BCUT2D eigenvalue weighted by Crippen LogP contribution is 2.05. The molecule has 0 atom stereocenters. The molecule has 0 spiro atoms. The Morgan fingerprint density at radius 3 is 3.00 bits per heavy atom. The van der Waals surface area contributed by atoms with Crippen LogP contribution >= 0.6 is 0 Å². The van der Waals surface area contributed by atoms with Gasteiger partial charge in [-0.15, -0.1) is 0 Å². The third kappa shape index (κ3) is 4.59. The van der Waals surface area contributed by atoms with Crippen molar-refractivity contribution in [3.05, 3.63) is 12.3 Å². The van der Waals surface area contributed by atoms with Crippen molar-refractivity contribution in [3.8, 4) is 0 Å². The standard InChI is InChI=1S/C10H17N5O/c1-12-10-14-7-5-9(15-10)13-6-3-2-4-8(11)16/h5,7H,2-4,6H2,1H3,(H2,11,16)(H2,12,13,14,15). The number of primary amides is 1. The molecule has 6 heteroatoms. The molecular formula is C10H17N5O. The van der Waals surface area contributed by atoms with E-state index in [9.17, 15) is 4.79 Å². The minimum atomic E-state index is -0.250. The van der Waals surface area contributed by atoms with Gasteiger partial charge >= 0.3 is 0 Å². The second-order valence-electron chi connectivity index (χ2n) is 3.37. The van der Waals surface area contributed by atoms with Crippen molar-refractivity contribution in [1.82, 2.24) is 9.97 Å². The molecule has 1 amide bonds. The minimum absolute atomic E-state index is 0.250. The van der Waals surface area contributed by atoms with Gasteiger partial charge in [0.1, 0.15) is 5.82 Å². The average Bonchev–Trinajstić information content (AvgIpc) is 2.28. The van der Waals surface area contributed by atoms with Gasteiger partial charge in [-0.25, -0.2) is 4.98 Å². The van der Waals surface area contributed by atoms with E-state index in [1.54, 1.807) is 19.3 Å². The summed E-state index contributed by atoms with van der Waals surface area (Å²) in [5.74, 6) is 1.11. The van der Waals surface area contributed by atoms with Crippen LogP contribution < -0.4 is 16.4 Å². The molecule has 1 rings (SSSR count). The molecule has 1 aromatic rings. The normalized spacial score (nSPS) is 9.81. The van der Waals surface area contributed by atoms with Gasteiger partial charge in [-0.2, -0.15) is 4.98 Å². The Kier molecular flexibility index (Phi) is 5.04. The molecule has 4 N–H and O–H groups in total. The van der Waals surface area contributed by atoms with Crippen LogP contribution in [0.15, 0.2) is 12.3 Å². The van der Waals surface area contributed by atoms with Gasteiger partial charge in [-0.05, 0) is 18.9 Å². The quantitative estimate of drug-likeness (QED) is 0.588. The van der Waals surface area contributed by atoms with E-state index in [1.807, 2.05) is 0 Å². The van der Waals surface area contributed by atoms with Gasteiger partial charge in [0.05, 0.1) is 0 Å². The maximum Gasteiger partial charge on any atom is 0.224 e. The van der Waals surface area contributed by atoms with Crippen LogP contribution in [0.2, 0.25) is 0 Å². The van der Waals surface area contributed by atoms with E-state index in [0.717, 1.165) is 25.2 Å². The molecule has 0 fully saturated rings. The molecule has 0 aliphatic rings. The topological polar surface area (TPSA) is 92.9 Å². The van der Waals surface area contributed by atoms with Crippen molar-refractivity contribution in [1.29, 1.82) is 0 Å². The van der Waals surface area contributed by atoms with E-state index in [4.69, 9.17) is 5.73 Å². The zero-order valence-corrected chi connectivity index (χ0v) is 9.36. The number of nitrogens with one attached hydrogen (secondary N) is 2. The number of amides is 1. The van der Waals surface area contributed by atoms with Gasteiger partial charge in [-0.1, -0.05) is 0 Å². The number of aromatic nitrogens is 2. The first kappa shape index (κ1) is 12.2. The summed E-state index contributed by atoms with van der Waals surface area (Å²) in [6.45, 7) is 0.771. The average molecular weight is 223 g/mol. The predicted molar refractivity (Wildman–Crippen MR) is 63.1 cm³/mol. The smallest absolute Gasteiger partial charge is 0.224 e. The van der Waals surface area contributed by atoms with Crippen LogP contribution in [0, 0.1) is 0 Å². The first-order valence-corrected chi connectivity index (χ1v) is 5.25. The lowest BCUT2D eigenvalue weighted by Gasteiger charge is -2.05. The molecule has 0 saturated carbocycles. The Morgan fingerprint density at radius 2 is 2.31 bits per heavy atom. The summed E-state index contributed by atoms with van der Waals surface area (Å²) >= 11 is 0. The highest BCUT2D eigenvalue weighted by Gasteiger charge is 1.97. The molecule has 0 saturated heterocycles. The SMILES string of the molecule is CNc1nccc(NCCCCC(N)=O)n1. The molecule has 0 unspecified atom stereocenters. The number of anilines is 2. The highest BCUT2D eigenvalue weighted by molar-refractivity contribution is 5.73. The minimum Gasteiger partial charge on any atom is -0.370 e. The first-order valence-electron chi connectivity index (χ1n) is 5.25. The zero-order chi connectivity index (χ0) is 11.8. The fourth-order valence-electron chi connectivity index (χ4n) is 1.22. The molecule has 0 bridgehead atoms. The van der Waals surface area contributed by atoms with Gasteiger partial charge in [0.25, 0.3) is 0 Å². The lowest BCUT2D eigenvalue weighted by Crippen LogP contribution is -2.11. The molecule has 0 aliphatic carbocycles. The van der Waals surface area contributed by atoms with Crippen LogP contribution in [-0.2, 0) is 4.79 Å². The Hall–Kier alpha value is -1.85. The van der Waals surface area contributed by atoms with Crippen molar-refractivity contribution in [2.75, 3.05) is 24.2 Å². The number of hydrogen-bond acceptors (Lipinski definition) is 5. The molecule has 1 heterocycles. The number of hydrogen-bond donors (Lipinski definition) is 3. The van der Waals surface area contributed by atoms with Crippen LogP contribution in [0.5, 0.6) is 0 Å². The third-order valence-corrected chi connectivity index (χ3v) is 2.04. The molecule has 1 aromatic heterocycles. The van der Waals surface area contributed by atoms with Crippen molar-refractivity contribution in [2.24, 2.45) is 5.73 Å². The van der Waals surface area contributed by atoms with Crippen molar-refractivity contribution < 1.29 is 4.79 Å². The van der Waals surface area contributed by atoms with E-state index in [0.29, 0.717) is 12.4 Å². The maximum atomic E-state index is 10.5. The lowest BCUT2D eigenvalue weighted by atomic mass is 10.2. The van der Waals surface area contributed by atoms with Crippen LogP contribution in [0.25, 0.3) is 0 Å². The maximum absolute atomic E-state index is 10.5. The van der Waals surface area contributed by atoms with E-state index in [1.165, 1.54) is 0 Å². The number of carbonyl (C=O) groups excluding carboxylic acids is 1. The Balaban J connectivity index is 2.23. The fourth-order valence-corrected chi connectivity index (χ4v) is 1.22.